The first-order valence-corrected chi connectivity index (χ1v) is 9.57. The Balaban J connectivity index is 0.000000529. The molecular weight excluding hydrogens is 232 g/mol. The Morgan fingerprint density at radius 2 is 1.59 bits per heavy atom. The van der Waals surface area contributed by atoms with E-state index in [1.165, 1.54) is 19.3 Å². The summed E-state index contributed by atoms with van der Waals surface area (Å²) >= 11 is 0. The second kappa shape index (κ2) is 7.51. The highest BCUT2D eigenvalue weighted by molar-refractivity contribution is 6.74. The average molecular weight is 262 g/mol. The molecule has 104 valence electrons. The van der Waals surface area contributed by atoms with E-state index in [0.29, 0.717) is 5.04 Å². The molecule has 1 fully saturated rings. The van der Waals surface area contributed by atoms with Crippen LogP contribution in [0.3, 0.4) is 0 Å². The van der Waals surface area contributed by atoms with E-state index in [0.717, 1.165) is 6.61 Å². The molecule has 0 bridgehead atoms. The molecule has 4 heteroatoms. The van der Waals surface area contributed by atoms with Crippen LogP contribution in [0, 0.1) is 0 Å². The van der Waals surface area contributed by atoms with Gasteiger partial charge in [0.2, 0.25) is 6.29 Å². The summed E-state index contributed by atoms with van der Waals surface area (Å²) in [7, 11) is -1.45. The number of unbranched alkanes of at least 4 members (excludes halogenated alkanes) is 2. The van der Waals surface area contributed by atoms with Gasteiger partial charge in [0.1, 0.15) is 0 Å². The second-order valence-electron chi connectivity index (χ2n) is 6.08. The Morgan fingerprint density at radius 1 is 1.12 bits per heavy atom. The third-order valence-corrected chi connectivity index (χ3v) is 7.84. The van der Waals surface area contributed by atoms with Crippen LogP contribution in [0.15, 0.2) is 0 Å². The number of hydrogen-bond acceptors (Lipinski definition) is 3. The van der Waals surface area contributed by atoms with E-state index in [1.54, 1.807) is 0 Å². The van der Waals surface area contributed by atoms with Crippen LogP contribution in [-0.4, -0.2) is 21.2 Å². The van der Waals surface area contributed by atoms with E-state index >= 15 is 0 Å². The zero-order valence-electron chi connectivity index (χ0n) is 12.6. The third kappa shape index (κ3) is 8.77. The maximum absolute atomic E-state index is 6.03. The quantitative estimate of drug-likeness (QED) is 0.317. The number of hydrogen-bond donors (Lipinski definition) is 0. The largest absolute Gasteiger partial charge is 0.417 e. The zero-order valence-corrected chi connectivity index (χ0v) is 13.6. The maximum Gasteiger partial charge on any atom is 0.221 e. The smallest absolute Gasteiger partial charge is 0.221 e. The summed E-state index contributed by atoms with van der Waals surface area (Å²) < 4.78 is 6.03. The molecule has 1 saturated heterocycles. The zero-order chi connectivity index (χ0) is 13.5. The first-order valence-electron chi connectivity index (χ1n) is 6.67. The van der Waals surface area contributed by atoms with Gasteiger partial charge in [-0.3, -0.25) is 0 Å². The van der Waals surface area contributed by atoms with Gasteiger partial charge in [-0.25, -0.2) is 0 Å². The van der Waals surface area contributed by atoms with Crippen molar-refractivity contribution < 1.29 is 14.2 Å². The van der Waals surface area contributed by atoms with Gasteiger partial charge in [-0.15, -0.1) is 0 Å². The van der Waals surface area contributed by atoms with Crippen LogP contribution in [0.4, 0.5) is 0 Å². The highest BCUT2D eigenvalue weighted by Gasteiger charge is 2.36. The second-order valence-corrected chi connectivity index (χ2v) is 10.9. The summed E-state index contributed by atoms with van der Waals surface area (Å²) in [6.07, 6.45) is 3.89. The van der Waals surface area contributed by atoms with E-state index < -0.39 is 8.32 Å². The Labute approximate surface area is 108 Å². The molecule has 0 radical (unpaired) electrons. The van der Waals surface area contributed by atoms with E-state index in [2.05, 4.69) is 50.6 Å². The van der Waals surface area contributed by atoms with Gasteiger partial charge in [0.15, 0.2) is 8.32 Å². The van der Waals surface area contributed by atoms with Crippen LogP contribution >= 0.6 is 0 Å². The van der Waals surface area contributed by atoms with Gasteiger partial charge in [0.25, 0.3) is 0 Å². The van der Waals surface area contributed by atoms with Crippen LogP contribution < -0.4 is 0 Å². The third-order valence-electron chi connectivity index (χ3n) is 3.31. The van der Waals surface area contributed by atoms with Gasteiger partial charge < -0.3 is 4.43 Å². The Hall–Kier alpha value is 0.0969. The van der Waals surface area contributed by atoms with Gasteiger partial charge in [0, 0.05) is 6.61 Å². The standard InChI is InChI=1S/C11H26OSi.C2H4O2/c1-7-8-9-10-12-13(5,6)11(2,3)4;1-2-3-4-2/h7-10H2,1-6H3;2H,1H3. The molecule has 17 heavy (non-hydrogen) atoms. The molecule has 0 aromatic carbocycles. The molecule has 0 N–H and O–H groups in total. The SMILES string of the molecule is CC1OO1.CCCCCO[Si](C)(C)C(C)(C)C. The highest BCUT2D eigenvalue weighted by atomic mass is 28.4. The van der Waals surface area contributed by atoms with Gasteiger partial charge in [-0.2, -0.15) is 9.78 Å². The van der Waals surface area contributed by atoms with E-state index in [9.17, 15) is 0 Å². The van der Waals surface area contributed by atoms with Crippen LogP contribution in [-0.2, 0) is 14.2 Å². The molecule has 1 aliphatic heterocycles. The number of rotatable bonds is 5. The topological polar surface area (TPSA) is 34.3 Å². The van der Waals surface area contributed by atoms with Crippen LogP contribution in [0.2, 0.25) is 18.1 Å². The van der Waals surface area contributed by atoms with Crippen molar-refractivity contribution in [3.8, 4) is 0 Å². The monoisotopic (exact) mass is 262 g/mol. The van der Waals surface area contributed by atoms with Crippen molar-refractivity contribution in [1.82, 2.24) is 0 Å². The molecule has 0 spiro atoms. The molecule has 1 rings (SSSR count). The van der Waals surface area contributed by atoms with Crippen molar-refractivity contribution in [2.45, 2.75) is 78.3 Å². The van der Waals surface area contributed by atoms with E-state index in [4.69, 9.17) is 4.43 Å². The lowest BCUT2D eigenvalue weighted by Crippen LogP contribution is -2.40. The fourth-order valence-corrected chi connectivity index (χ4v) is 2.04. The molecule has 1 heterocycles. The molecule has 1 aliphatic rings. The highest BCUT2D eigenvalue weighted by Crippen LogP contribution is 2.36. The van der Waals surface area contributed by atoms with E-state index in [1.807, 2.05) is 6.92 Å². The average Bonchev–Trinajstić information content (AvgIpc) is 2.95. The van der Waals surface area contributed by atoms with Crippen LogP contribution in [0.5, 0.6) is 0 Å². The summed E-state index contributed by atoms with van der Waals surface area (Å²) in [6.45, 7) is 16.5. The van der Waals surface area contributed by atoms with Gasteiger partial charge >= 0.3 is 0 Å². The van der Waals surface area contributed by atoms with E-state index in [-0.39, 0.29) is 6.29 Å². The van der Waals surface area contributed by atoms with Gasteiger partial charge in [0.05, 0.1) is 0 Å². The lowest BCUT2D eigenvalue weighted by Gasteiger charge is -2.36. The molecule has 0 aliphatic carbocycles. The van der Waals surface area contributed by atoms with Crippen LogP contribution in [0.25, 0.3) is 0 Å². The van der Waals surface area contributed by atoms with Gasteiger partial charge in [-0.1, -0.05) is 40.5 Å². The lowest BCUT2D eigenvalue weighted by molar-refractivity contribution is 0.0850. The lowest BCUT2D eigenvalue weighted by atomic mass is 10.2. The molecule has 0 aromatic rings. The fourth-order valence-electron chi connectivity index (χ4n) is 0.951. The molecule has 0 atom stereocenters. The molecule has 0 unspecified atom stereocenters. The Kier molecular flexibility index (Phi) is 7.56. The summed E-state index contributed by atoms with van der Waals surface area (Å²) in [5, 5.41) is 0.360. The van der Waals surface area contributed by atoms with Gasteiger partial charge in [-0.05, 0) is 31.5 Å². The molecular formula is C13H30O3Si. The van der Waals surface area contributed by atoms with Crippen LogP contribution in [0.1, 0.15) is 53.9 Å². The predicted octanol–water partition coefficient (Wildman–Crippen LogP) is 4.49. The Morgan fingerprint density at radius 3 is 1.88 bits per heavy atom. The maximum atomic E-state index is 6.03. The predicted molar refractivity (Wildman–Crippen MR) is 74.3 cm³/mol. The fraction of sp³-hybridized carbons (Fsp3) is 1.00. The minimum atomic E-state index is -1.45. The normalized spacial score (nSPS) is 16.4. The van der Waals surface area contributed by atoms with Crippen molar-refractivity contribution in [1.29, 1.82) is 0 Å². The molecule has 0 aromatic heterocycles. The molecule has 0 saturated carbocycles. The van der Waals surface area contributed by atoms with Crippen molar-refractivity contribution in [3.63, 3.8) is 0 Å². The van der Waals surface area contributed by atoms with Crippen molar-refractivity contribution in [2.75, 3.05) is 6.61 Å². The molecule has 3 nitrogen and oxygen atoms in total. The first kappa shape index (κ1) is 17.1. The minimum absolute atomic E-state index is 0.0833. The minimum Gasteiger partial charge on any atom is -0.417 e. The van der Waals surface area contributed by atoms with Crippen molar-refractivity contribution >= 4 is 8.32 Å². The van der Waals surface area contributed by atoms with Crippen molar-refractivity contribution in [3.05, 3.63) is 0 Å². The summed E-state index contributed by atoms with van der Waals surface area (Å²) in [5.74, 6) is 0. The van der Waals surface area contributed by atoms with Crippen molar-refractivity contribution in [2.24, 2.45) is 0 Å². The summed E-state index contributed by atoms with van der Waals surface area (Å²) in [6, 6.07) is 0. The Bertz CT molecular complexity index is 195. The summed E-state index contributed by atoms with van der Waals surface area (Å²) in [5.41, 5.74) is 0. The molecule has 0 amide bonds. The summed E-state index contributed by atoms with van der Waals surface area (Å²) in [4.78, 5) is 8.42. The first-order chi connectivity index (χ1) is 7.70.